The van der Waals surface area contributed by atoms with Gasteiger partial charge in [0, 0.05) is 13.1 Å². The zero-order valence-electron chi connectivity index (χ0n) is 7.19. The van der Waals surface area contributed by atoms with Crippen LogP contribution in [0.25, 0.3) is 0 Å². The Labute approximate surface area is 63.8 Å². The second kappa shape index (κ2) is 3.94. The summed E-state index contributed by atoms with van der Waals surface area (Å²) in [5.41, 5.74) is 0. The van der Waals surface area contributed by atoms with E-state index in [1.54, 1.807) is 5.01 Å². The molecule has 0 aromatic rings. The molecule has 1 rings (SSSR count). The Morgan fingerprint density at radius 3 is 2.00 bits per heavy atom. The fourth-order valence-electron chi connectivity index (χ4n) is 1.73. The fourth-order valence-corrected chi connectivity index (χ4v) is 1.73. The predicted octanol–water partition coefficient (Wildman–Crippen LogP) is -0.0781. The average molecular weight is 143 g/mol. The fraction of sp³-hybridized carbons (Fsp3) is 1.00. The number of quaternary nitrogens is 1. The van der Waals surface area contributed by atoms with Gasteiger partial charge in [0.2, 0.25) is 0 Å². The van der Waals surface area contributed by atoms with Crippen molar-refractivity contribution in [1.82, 2.24) is 5.01 Å². The van der Waals surface area contributed by atoms with Crippen molar-refractivity contribution in [2.45, 2.75) is 26.7 Å². The normalized spacial score (nSPS) is 20.7. The topological polar surface area (TPSA) is 7.68 Å². The molecule has 0 aliphatic carbocycles. The van der Waals surface area contributed by atoms with Gasteiger partial charge in [0.15, 0.2) is 0 Å². The van der Waals surface area contributed by atoms with Crippen LogP contribution in [0.4, 0.5) is 0 Å². The number of rotatable bonds is 3. The van der Waals surface area contributed by atoms with Gasteiger partial charge in [-0.1, -0.05) is 0 Å². The summed E-state index contributed by atoms with van der Waals surface area (Å²) in [4.78, 5) is 0. The average Bonchev–Trinajstić information content (AvgIpc) is 2.43. The predicted molar refractivity (Wildman–Crippen MR) is 42.9 cm³/mol. The van der Waals surface area contributed by atoms with E-state index in [0.29, 0.717) is 0 Å². The molecule has 0 unspecified atom stereocenters. The van der Waals surface area contributed by atoms with Crippen LogP contribution in [-0.2, 0) is 0 Å². The van der Waals surface area contributed by atoms with Crippen molar-refractivity contribution in [2.24, 2.45) is 0 Å². The van der Waals surface area contributed by atoms with Crippen LogP contribution in [0.3, 0.4) is 0 Å². The Hall–Kier alpha value is -0.0800. The number of nitrogens with one attached hydrogen (secondary N) is 1. The summed E-state index contributed by atoms with van der Waals surface area (Å²) in [7, 11) is 0. The molecule has 2 heteroatoms. The van der Waals surface area contributed by atoms with Crippen LogP contribution >= 0.6 is 0 Å². The SMILES string of the molecule is CC[NH+](CC)N1CCCC1. The molecule has 0 amide bonds. The van der Waals surface area contributed by atoms with Crippen molar-refractivity contribution in [1.29, 1.82) is 0 Å². The third kappa shape index (κ3) is 1.70. The maximum atomic E-state index is 2.56. The smallest absolute Gasteiger partial charge is 0.0919 e. The lowest BCUT2D eigenvalue weighted by Gasteiger charge is -2.24. The molecule has 10 heavy (non-hydrogen) atoms. The van der Waals surface area contributed by atoms with Gasteiger partial charge >= 0.3 is 0 Å². The van der Waals surface area contributed by atoms with Crippen LogP contribution in [-0.4, -0.2) is 31.2 Å². The van der Waals surface area contributed by atoms with E-state index < -0.39 is 0 Å². The molecule has 0 radical (unpaired) electrons. The molecule has 0 spiro atoms. The Morgan fingerprint density at radius 1 is 1.10 bits per heavy atom. The van der Waals surface area contributed by atoms with Crippen molar-refractivity contribution in [3.05, 3.63) is 0 Å². The van der Waals surface area contributed by atoms with Gasteiger partial charge in [-0.2, -0.15) is 5.01 Å². The van der Waals surface area contributed by atoms with Gasteiger partial charge in [0.1, 0.15) is 0 Å². The van der Waals surface area contributed by atoms with Crippen molar-refractivity contribution in [2.75, 3.05) is 26.2 Å². The van der Waals surface area contributed by atoms with Crippen molar-refractivity contribution >= 4 is 0 Å². The molecule has 0 saturated carbocycles. The van der Waals surface area contributed by atoms with Crippen LogP contribution < -0.4 is 5.01 Å². The molecule has 0 bridgehead atoms. The van der Waals surface area contributed by atoms with E-state index in [1.807, 2.05) is 0 Å². The lowest BCUT2D eigenvalue weighted by molar-refractivity contribution is -1.01. The molecular formula is C8H19N2+. The van der Waals surface area contributed by atoms with Gasteiger partial charge in [-0.25, -0.2) is 0 Å². The van der Waals surface area contributed by atoms with Crippen LogP contribution in [0.1, 0.15) is 26.7 Å². The summed E-state index contributed by atoms with van der Waals surface area (Å²) < 4.78 is 0. The molecule has 0 atom stereocenters. The van der Waals surface area contributed by atoms with E-state index in [2.05, 4.69) is 18.9 Å². The van der Waals surface area contributed by atoms with Crippen LogP contribution in [0, 0.1) is 0 Å². The maximum Gasteiger partial charge on any atom is 0.0919 e. The molecule has 1 saturated heterocycles. The number of hydrogen-bond donors (Lipinski definition) is 1. The van der Waals surface area contributed by atoms with Gasteiger partial charge in [-0.3, -0.25) is 5.01 Å². The molecule has 1 N–H and O–H groups in total. The molecule has 60 valence electrons. The highest BCUT2D eigenvalue weighted by atomic mass is 15.6. The lowest BCUT2D eigenvalue weighted by Crippen LogP contribution is -3.17. The Bertz CT molecular complexity index is 83.3. The molecule has 1 aliphatic rings. The van der Waals surface area contributed by atoms with Crippen LogP contribution in [0.2, 0.25) is 0 Å². The highest BCUT2D eigenvalue weighted by Crippen LogP contribution is 2.00. The minimum absolute atomic E-state index is 1.25. The second-order valence-corrected chi connectivity index (χ2v) is 2.97. The standard InChI is InChI=1S/C8H18N2/c1-3-9(4-2)10-7-5-6-8-10/h3-8H2,1-2H3/p+1. The van der Waals surface area contributed by atoms with Crippen LogP contribution in [0.5, 0.6) is 0 Å². The summed E-state index contributed by atoms with van der Waals surface area (Å²) in [5, 5.41) is 4.21. The first kappa shape index (κ1) is 8.02. The molecule has 1 aliphatic heterocycles. The van der Waals surface area contributed by atoms with Gasteiger partial charge in [0.25, 0.3) is 0 Å². The zero-order valence-corrected chi connectivity index (χ0v) is 7.19. The van der Waals surface area contributed by atoms with Crippen LogP contribution in [0.15, 0.2) is 0 Å². The zero-order chi connectivity index (χ0) is 7.40. The number of hydrogen-bond acceptors (Lipinski definition) is 1. The first-order chi connectivity index (χ1) is 4.88. The highest BCUT2D eigenvalue weighted by Gasteiger charge is 2.19. The van der Waals surface area contributed by atoms with E-state index in [4.69, 9.17) is 0 Å². The van der Waals surface area contributed by atoms with E-state index in [-0.39, 0.29) is 0 Å². The van der Waals surface area contributed by atoms with Gasteiger partial charge in [-0.05, 0) is 26.7 Å². The molecule has 0 aromatic carbocycles. The Kier molecular flexibility index (Phi) is 3.16. The minimum atomic E-state index is 1.25. The van der Waals surface area contributed by atoms with Crippen molar-refractivity contribution in [3.63, 3.8) is 0 Å². The largest absolute Gasteiger partial charge is 0.255 e. The molecule has 0 aromatic heterocycles. The molecule has 1 fully saturated rings. The molecule has 2 nitrogen and oxygen atoms in total. The van der Waals surface area contributed by atoms with Gasteiger partial charge in [0.05, 0.1) is 13.1 Å². The molecule has 1 heterocycles. The molecular weight excluding hydrogens is 124 g/mol. The Balaban J connectivity index is 2.29. The number of nitrogens with zero attached hydrogens (tertiary/aromatic N) is 1. The summed E-state index contributed by atoms with van der Waals surface area (Å²) >= 11 is 0. The van der Waals surface area contributed by atoms with E-state index in [1.165, 1.54) is 39.0 Å². The third-order valence-corrected chi connectivity index (χ3v) is 2.37. The second-order valence-electron chi connectivity index (χ2n) is 2.97. The monoisotopic (exact) mass is 143 g/mol. The minimum Gasteiger partial charge on any atom is -0.255 e. The van der Waals surface area contributed by atoms with Gasteiger partial charge < -0.3 is 0 Å². The highest BCUT2D eigenvalue weighted by molar-refractivity contribution is 4.55. The summed E-state index contributed by atoms with van der Waals surface area (Å²) in [6.07, 6.45) is 2.81. The maximum absolute atomic E-state index is 2.56. The quantitative estimate of drug-likeness (QED) is 0.581. The van der Waals surface area contributed by atoms with E-state index in [0.717, 1.165) is 0 Å². The first-order valence-corrected chi connectivity index (χ1v) is 4.48. The van der Waals surface area contributed by atoms with E-state index in [9.17, 15) is 0 Å². The Morgan fingerprint density at radius 2 is 1.60 bits per heavy atom. The summed E-state index contributed by atoms with van der Waals surface area (Å²) in [6.45, 7) is 9.65. The summed E-state index contributed by atoms with van der Waals surface area (Å²) in [5.74, 6) is 0. The first-order valence-electron chi connectivity index (χ1n) is 4.48. The van der Waals surface area contributed by atoms with Crippen molar-refractivity contribution < 1.29 is 5.01 Å². The van der Waals surface area contributed by atoms with Gasteiger partial charge in [-0.15, -0.1) is 0 Å². The van der Waals surface area contributed by atoms with E-state index >= 15 is 0 Å². The summed E-state index contributed by atoms with van der Waals surface area (Å²) in [6, 6.07) is 0. The van der Waals surface area contributed by atoms with Crippen molar-refractivity contribution in [3.8, 4) is 0 Å². The lowest BCUT2D eigenvalue weighted by atomic mass is 10.4. The third-order valence-electron chi connectivity index (χ3n) is 2.37.